The van der Waals surface area contributed by atoms with Crippen molar-refractivity contribution in [2.24, 2.45) is 0 Å². The molecule has 0 bridgehead atoms. The van der Waals surface area contributed by atoms with E-state index in [1.165, 1.54) is 16.2 Å². The molecule has 0 saturated heterocycles. The molecule has 0 radical (unpaired) electrons. The minimum Gasteiger partial charge on any atom is -0.455 e. The van der Waals surface area contributed by atoms with Crippen LogP contribution in [0.4, 0.5) is 0 Å². The van der Waals surface area contributed by atoms with Crippen molar-refractivity contribution in [2.45, 2.75) is 0 Å². The van der Waals surface area contributed by atoms with Crippen LogP contribution in [0.5, 0.6) is 0 Å². The Balaban J connectivity index is 1.92. The number of hydrogen-bond donors (Lipinski definition) is 0. The first-order chi connectivity index (χ1) is 13.4. The number of hydrogen-bond acceptors (Lipinski definition) is 3. The third kappa shape index (κ3) is 1.53. The minimum absolute atomic E-state index is 0.920. The summed E-state index contributed by atoms with van der Waals surface area (Å²) in [7, 11) is 0. The molecule has 0 fully saturated rings. The summed E-state index contributed by atoms with van der Waals surface area (Å²) >= 11 is 0. The van der Waals surface area contributed by atoms with E-state index in [1.54, 1.807) is 6.33 Å². The molecule has 6 aromatic rings. The lowest BCUT2D eigenvalue weighted by molar-refractivity contribution is 0.673. The molecule has 1 aliphatic rings. The average molecular weight is 344 g/mol. The lowest BCUT2D eigenvalue weighted by Crippen LogP contribution is -1.90. The van der Waals surface area contributed by atoms with Crippen LogP contribution in [-0.4, -0.2) is 9.97 Å². The van der Waals surface area contributed by atoms with Gasteiger partial charge in [0, 0.05) is 38.9 Å². The van der Waals surface area contributed by atoms with Crippen LogP contribution in [0.3, 0.4) is 0 Å². The van der Waals surface area contributed by atoms with Gasteiger partial charge in [0.1, 0.15) is 17.5 Å². The van der Waals surface area contributed by atoms with Crippen LogP contribution < -0.4 is 0 Å². The van der Waals surface area contributed by atoms with Gasteiger partial charge in [0.15, 0.2) is 0 Å². The normalized spacial score (nSPS) is 12.4. The van der Waals surface area contributed by atoms with Crippen LogP contribution in [-0.2, 0) is 0 Å². The fourth-order valence-electron chi connectivity index (χ4n) is 4.62. The molecule has 2 heterocycles. The maximum Gasteiger partial charge on any atom is 0.143 e. The zero-order valence-electron chi connectivity index (χ0n) is 14.2. The molecule has 7 rings (SSSR count). The van der Waals surface area contributed by atoms with Crippen LogP contribution >= 0.6 is 0 Å². The predicted octanol–water partition coefficient (Wildman–Crippen LogP) is 6.33. The van der Waals surface area contributed by atoms with Gasteiger partial charge >= 0.3 is 0 Å². The van der Waals surface area contributed by atoms with E-state index in [1.807, 2.05) is 6.20 Å². The van der Waals surface area contributed by atoms with Crippen molar-refractivity contribution in [1.29, 1.82) is 0 Å². The summed E-state index contributed by atoms with van der Waals surface area (Å²) in [6.45, 7) is 0. The monoisotopic (exact) mass is 344 g/mol. The lowest BCUT2D eigenvalue weighted by atomic mass is 9.97. The molecule has 0 amide bonds. The third-order valence-corrected chi connectivity index (χ3v) is 5.73. The molecule has 0 unspecified atom stereocenters. The smallest absolute Gasteiger partial charge is 0.143 e. The van der Waals surface area contributed by atoms with Gasteiger partial charge < -0.3 is 4.42 Å². The fraction of sp³-hybridized carbons (Fsp3) is 0. The van der Waals surface area contributed by atoms with Gasteiger partial charge in [-0.1, -0.05) is 48.5 Å². The van der Waals surface area contributed by atoms with Crippen LogP contribution in [0, 0.1) is 0 Å². The van der Waals surface area contributed by atoms with Crippen molar-refractivity contribution in [1.82, 2.24) is 9.97 Å². The summed E-state index contributed by atoms with van der Waals surface area (Å²) < 4.78 is 6.42. The maximum absolute atomic E-state index is 6.42. The molecular formula is C24H12N2O. The molecule has 1 aliphatic carbocycles. The Morgan fingerprint density at radius 1 is 0.704 bits per heavy atom. The number of fused-ring (bicyclic) bond motifs is 5. The Bertz CT molecular complexity index is 1580. The van der Waals surface area contributed by atoms with E-state index in [9.17, 15) is 0 Å². The second kappa shape index (κ2) is 4.51. The summed E-state index contributed by atoms with van der Waals surface area (Å²) in [5.41, 5.74) is 6.17. The Morgan fingerprint density at radius 3 is 2.63 bits per heavy atom. The van der Waals surface area contributed by atoms with Crippen molar-refractivity contribution >= 4 is 43.5 Å². The van der Waals surface area contributed by atoms with Gasteiger partial charge in [0.2, 0.25) is 0 Å². The number of benzene rings is 4. The number of aromatic nitrogens is 2. The topological polar surface area (TPSA) is 38.9 Å². The average Bonchev–Trinajstić information content (AvgIpc) is 3.07. The van der Waals surface area contributed by atoms with E-state index in [4.69, 9.17) is 9.40 Å². The standard InChI is InChI=1S/C24H12N2O/c1-2-6-15-14(4-1)10-17-21-22-19(27-24(15)21)9-8-13-5-3-7-16(20(13)22)18-11-25-12-26-23(17)18/h1-12H. The van der Waals surface area contributed by atoms with Crippen LogP contribution in [0.1, 0.15) is 0 Å². The third-order valence-electron chi connectivity index (χ3n) is 5.73. The Labute approximate surface area is 153 Å². The lowest BCUT2D eigenvalue weighted by Gasteiger charge is -2.10. The zero-order valence-corrected chi connectivity index (χ0v) is 14.2. The first-order valence-electron chi connectivity index (χ1n) is 9.00. The second-order valence-corrected chi connectivity index (χ2v) is 7.08. The summed E-state index contributed by atoms with van der Waals surface area (Å²) in [4.78, 5) is 9.02. The highest BCUT2D eigenvalue weighted by molar-refractivity contribution is 6.31. The van der Waals surface area contributed by atoms with E-state index < -0.39 is 0 Å². The second-order valence-electron chi connectivity index (χ2n) is 7.08. The van der Waals surface area contributed by atoms with Crippen LogP contribution in [0.15, 0.2) is 77.6 Å². The van der Waals surface area contributed by atoms with Crippen molar-refractivity contribution in [3.05, 3.63) is 73.2 Å². The van der Waals surface area contributed by atoms with Gasteiger partial charge in [-0.25, -0.2) is 9.97 Å². The molecule has 0 atom stereocenters. The summed E-state index contributed by atoms with van der Waals surface area (Å²) in [5, 5.41) is 7.05. The molecule has 3 heteroatoms. The van der Waals surface area contributed by atoms with Crippen LogP contribution in [0.2, 0.25) is 0 Å². The highest BCUT2D eigenvalue weighted by atomic mass is 16.3. The quantitative estimate of drug-likeness (QED) is 0.323. The molecule has 0 N–H and O–H groups in total. The zero-order chi connectivity index (χ0) is 17.5. The molecule has 0 saturated carbocycles. The Hall–Kier alpha value is -3.72. The highest BCUT2D eigenvalue weighted by Gasteiger charge is 2.25. The molecule has 0 aliphatic heterocycles. The minimum atomic E-state index is 0.920. The molecule has 3 nitrogen and oxygen atoms in total. The summed E-state index contributed by atoms with van der Waals surface area (Å²) in [5.74, 6) is 0. The summed E-state index contributed by atoms with van der Waals surface area (Å²) in [6, 6.07) is 21.3. The number of nitrogens with zero attached hydrogens (tertiary/aromatic N) is 2. The van der Waals surface area contributed by atoms with Crippen molar-refractivity contribution < 1.29 is 4.42 Å². The molecule has 4 aromatic carbocycles. The predicted molar refractivity (Wildman–Crippen MR) is 109 cm³/mol. The molecule has 27 heavy (non-hydrogen) atoms. The van der Waals surface area contributed by atoms with Crippen molar-refractivity contribution in [3.63, 3.8) is 0 Å². The first kappa shape index (κ1) is 13.5. The Morgan fingerprint density at radius 2 is 1.63 bits per heavy atom. The van der Waals surface area contributed by atoms with Crippen molar-refractivity contribution in [2.75, 3.05) is 0 Å². The maximum atomic E-state index is 6.42. The van der Waals surface area contributed by atoms with Gasteiger partial charge in [0.25, 0.3) is 0 Å². The number of furan rings is 1. The summed E-state index contributed by atoms with van der Waals surface area (Å²) in [6.07, 6.45) is 3.56. The SMILES string of the molecule is c1ccc2c(c1)cc1c3c2oc2ccc4cccc(c4c23)-c2cncnc2-1. The first-order valence-corrected chi connectivity index (χ1v) is 9.00. The van der Waals surface area contributed by atoms with Crippen molar-refractivity contribution in [3.8, 4) is 22.4 Å². The van der Waals surface area contributed by atoms with E-state index in [2.05, 4.69) is 65.6 Å². The van der Waals surface area contributed by atoms with E-state index in [0.29, 0.717) is 0 Å². The van der Waals surface area contributed by atoms with Gasteiger partial charge in [-0.3, -0.25) is 0 Å². The van der Waals surface area contributed by atoms with Gasteiger partial charge in [0.05, 0.1) is 5.69 Å². The van der Waals surface area contributed by atoms with Gasteiger partial charge in [-0.15, -0.1) is 0 Å². The van der Waals surface area contributed by atoms with Gasteiger partial charge in [-0.05, 0) is 28.5 Å². The van der Waals surface area contributed by atoms with E-state index >= 15 is 0 Å². The van der Waals surface area contributed by atoms with E-state index in [0.717, 1.165) is 49.7 Å². The highest BCUT2D eigenvalue weighted by Crippen LogP contribution is 2.49. The molecule has 124 valence electrons. The molecular weight excluding hydrogens is 332 g/mol. The Kier molecular flexibility index (Phi) is 2.25. The van der Waals surface area contributed by atoms with Crippen LogP contribution in [0.25, 0.3) is 65.9 Å². The fourth-order valence-corrected chi connectivity index (χ4v) is 4.62. The van der Waals surface area contributed by atoms with E-state index in [-0.39, 0.29) is 0 Å². The van der Waals surface area contributed by atoms with Gasteiger partial charge in [-0.2, -0.15) is 0 Å². The molecule has 0 spiro atoms. The largest absolute Gasteiger partial charge is 0.455 e. The number of rotatable bonds is 0. The molecule has 2 aromatic heterocycles.